The molecule has 2 aromatic rings. The van der Waals surface area contributed by atoms with Gasteiger partial charge in [0.25, 0.3) is 16.0 Å². The molecular formula is C31H44F6N2O7S. The van der Waals surface area contributed by atoms with Crippen LogP contribution in [0.3, 0.4) is 0 Å². The van der Waals surface area contributed by atoms with Gasteiger partial charge in [-0.25, -0.2) is 4.79 Å². The molecule has 16 heteroatoms. The number of amides is 2. The number of hydrogen-bond acceptors (Lipinski definition) is 7. The predicted octanol–water partition coefficient (Wildman–Crippen LogP) is 7.99. The van der Waals surface area contributed by atoms with Crippen LogP contribution in [0.5, 0.6) is 5.75 Å². The summed E-state index contributed by atoms with van der Waals surface area (Å²) in [6.45, 7) is 12.5. The first-order valence-electron chi connectivity index (χ1n) is 14.9. The lowest BCUT2D eigenvalue weighted by Crippen LogP contribution is -2.33. The Balaban J connectivity index is 0.00000508. The van der Waals surface area contributed by atoms with Crippen LogP contribution in [0.25, 0.3) is 0 Å². The van der Waals surface area contributed by atoms with E-state index in [9.17, 15) is 44.3 Å². The van der Waals surface area contributed by atoms with Crippen LogP contribution in [0.4, 0.5) is 31.1 Å². The van der Waals surface area contributed by atoms with Crippen molar-refractivity contribution in [2.75, 3.05) is 26.3 Å². The van der Waals surface area contributed by atoms with E-state index in [0.29, 0.717) is 37.9 Å². The Kier molecular flexibility index (Phi) is 18.5. The lowest BCUT2D eigenvalue weighted by molar-refractivity contribution is -0.143. The summed E-state index contributed by atoms with van der Waals surface area (Å²) in [4.78, 5) is 23.6. The molecule has 0 spiro atoms. The molecule has 2 rings (SSSR count). The van der Waals surface area contributed by atoms with Crippen molar-refractivity contribution in [3.05, 3.63) is 59.2 Å². The summed E-state index contributed by atoms with van der Waals surface area (Å²) >= 11 is 0. The Morgan fingerprint density at radius 1 is 0.745 bits per heavy atom. The molecule has 0 saturated carbocycles. The molecule has 0 aliphatic rings. The Hall–Kier alpha value is -3.53. The highest BCUT2D eigenvalue weighted by Crippen LogP contribution is 2.38. The van der Waals surface area contributed by atoms with Crippen molar-refractivity contribution >= 4 is 22.1 Å². The predicted molar refractivity (Wildman–Crippen MR) is 165 cm³/mol. The molecule has 0 aromatic heterocycles. The van der Waals surface area contributed by atoms with Crippen LogP contribution < -0.4 is 15.4 Å². The Morgan fingerprint density at radius 2 is 1.28 bits per heavy atom. The van der Waals surface area contributed by atoms with Crippen LogP contribution in [0.2, 0.25) is 0 Å². The van der Waals surface area contributed by atoms with E-state index in [1.165, 1.54) is 12.1 Å². The standard InChI is InChI=1S/C27H32F6N2O7S.2C2H6/c1-25(2,3)42-24(37)35-11-6-4-5-10-34-23(36)18-8-7-9-22(14-18)43(38,39)41-13-12-40-21-16-19(26(28,29)30)15-20(17-21)27(31,32)33;2*1-2/h7-9,14-17H,4-6,10-13H2,1-3H3,(H,34,36)(H,35,37);2*1-2H3. The number of hydrogen-bond donors (Lipinski definition) is 2. The average Bonchev–Trinajstić information content (AvgIpc) is 2.99. The first-order valence-corrected chi connectivity index (χ1v) is 16.4. The van der Waals surface area contributed by atoms with Crippen LogP contribution in [-0.4, -0.2) is 52.3 Å². The molecule has 9 nitrogen and oxygen atoms in total. The van der Waals surface area contributed by atoms with Crippen molar-refractivity contribution in [2.24, 2.45) is 0 Å². The van der Waals surface area contributed by atoms with Gasteiger partial charge in [0.15, 0.2) is 0 Å². The first kappa shape index (κ1) is 43.5. The smallest absolute Gasteiger partial charge is 0.416 e. The van der Waals surface area contributed by atoms with Gasteiger partial charge >= 0.3 is 18.4 Å². The van der Waals surface area contributed by atoms with E-state index in [-0.39, 0.29) is 18.2 Å². The van der Waals surface area contributed by atoms with Gasteiger partial charge in [-0.1, -0.05) is 33.8 Å². The number of benzene rings is 2. The van der Waals surface area contributed by atoms with Gasteiger partial charge < -0.3 is 20.1 Å². The monoisotopic (exact) mass is 702 g/mol. The van der Waals surface area contributed by atoms with Gasteiger partial charge in [-0.05, 0) is 76.4 Å². The molecule has 0 radical (unpaired) electrons. The molecule has 0 aliphatic heterocycles. The number of unbranched alkanes of at least 4 members (excludes halogenated alkanes) is 2. The molecule has 0 bridgehead atoms. The molecule has 47 heavy (non-hydrogen) atoms. The van der Waals surface area contributed by atoms with Crippen LogP contribution in [0.15, 0.2) is 47.4 Å². The fourth-order valence-corrected chi connectivity index (χ4v) is 4.35. The number of alkyl carbamates (subject to hydrolysis) is 1. The topological polar surface area (TPSA) is 120 Å². The molecule has 2 amide bonds. The van der Waals surface area contributed by atoms with Crippen LogP contribution in [0.1, 0.15) is 89.2 Å². The van der Waals surface area contributed by atoms with E-state index in [2.05, 4.69) is 10.6 Å². The van der Waals surface area contributed by atoms with Gasteiger partial charge in [0.2, 0.25) is 0 Å². The Morgan fingerprint density at radius 3 is 1.79 bits per heavy atom. The molecule has 268 valence electrons. The second-order valence-electron chi connectivity index (χ2n) is 10.1. The molecule has 0 atom stereocenters. The number of halogens is 6. The zero-order valence-electron chi connectivity index (χ0n) is 27.5. The summed E-state index contributed by atoms with van der Waals surface area (Å²) in [5, 5.41) is 5.26. The normalized spacial score (nSPS) is 11.7. The summed E-state index contributed by atoms with van der Waals surface area (Å²) in [7, 11) is -4.45. The van der Waals surface area contributed by atoms with Gasteiger partial charge in [-0.3, -0.25) is 8.98 Å². The number of alkyl halides is 6. The third-order valence-electron chi connectivity index (χ3n) is 5.34. The lowest BCUT2D eigenvalue weighted by Gasteiger charge is -2.19. The highest BCUT2D eigenvalue weighted by molar-refractivity contribution is 7.86. The van der Waals surface area contributed by atoms with Gasteiger partial charge in [-0.15, -0.1) is 0 Å². The molecule has 0 unspecified atom stereocenters. The fraction of sp³-hybridized carbons (Fsp3) is 0.548. The fourth-order valence-electron chi connectivity index (χ4n) is 3.41. The average molecular weight is 703 g/mol. The maximum Gasteiger partial charge on any atom is 0.416 e. The molecular weight excluding hydrogens is 658 g/mol. The summed E-state index contributed by atoms with van der Waals surface area (Å²) < 4.78 is 118. The maximum atomic E-state index is 13.0. The van der Waals surface area contributed by atoms with Gasteiger partial charge in [-0.2, -0.15) is 34.8 Å². The van der Waals surface area contributed by atoms with Crippen molar-refractivity contribution < 1.29 is 58.0 Å². The van der Waals surface area contributed by atoms with Crippen LogP contribution in [0, 0.1) is 0 Å². The maximum absolute atomic E-state index is 13.0. The molecule has 0 heterocycles. The highest BCUT2D eigenvalue weighted by Gasteiger charge is 2.37. The first-order chi connectivity index (χ1) is 21.8. The number of carbonyl (C=O) groups excluding carboxylic acids is 2. The summed E-state index contributed by atoms with van der Waals surface area (Å²) in [5.74, 6) is -1.33. The Labute approximate surface area is 272 Å². The SMILES string of the molecule is CC.CC.CC(C)(C)OC(=O)NCCCCCNC(=O)c1cccc(S(=O)(=O)OCCOc2cc(C(F)(F)F)cc(C(F)(F)F)c2)c1. The van der Waals surface area contributed by atoms with Crippen molar-refractivity contribution in [3.8, 4) is 5.75 Å². The number of rotatable bonds is 13. The minimum absolute atomic E-state index is 0.0103. The largest absolute Gasteiger partial charge is 0.491 e. The summed E-state index contributed by atoms with van der Waals surface area (Å²) in [5.41, 5.74) is -3.77. The second-order valence-corrected chi connectivity index (χ2v) is 11.8. The lowest BCUT2D eigenvalue weighted by atomic mass is 10.1. The van der Waals surface area contributed by atoms with E-state index in [0.717, 1.165) is 12.1 Å². The molecule has 0 aliphatic carbocycles. The van der Waals surface area contributed by atoms with Crippen LogP contribution in [-0.2, 0) is 31.4 Å². The van der Waals surface area contributed by atoms with Gasteiger partial charge in [0, 0.05) is 18.7 Å². The number of ether oxygens (including phenoxy) is 2. The van der Waals surface area contributed by atoms with E-state index in [4.69, 9.17) is 13.7 Å². The molecule has 0 saturated heterocycles. The van der Waals surface area contributed by atoms with Gasteiger partial charge in [0.05, 0.1) is 16.0 Å². The highest BCUT2D eigenvalue weighted by atomic mass is 32.2. The summed E-state index contributed by atoms with van der Waals surface area (Å²) in [6.07, 6.45) is -8.77. The number of carbonyl (C=O) groups is 2. The van der Waals surface area contributed by atoms with Crippen molar-refractivity contribution in [2.45, 2.75) is 90.6 Å². The van der Waals surface area contributed by atoms with E-state index in [1.807, 2.05) is 27.7 Å². The van der Waals surface area contributed by atoms with Crippen LogP contribution >= 0.6 is 0 Å². The molecule has 2 aromatic carbocycles. The van der Waals surface area contributed by atoms with Crippen molar-refractivity contribution in [3.63, 3.8) is 0 Å². The van der Waals surface area contributed by atoms with Crippen molar-refractivity contribution in [1.29, 1.82) is 0 Å². The third kappa shape index (κ3) is 17.3. The van der Waals surface area contributed by atoms with E-state index >= 15 is 0 Å². The quantitative estimate of drug-likeness (QED) is 0.123. The second kappa shape index (κ2) is 20.0. The molecule has 2 N–H and O–H groups in total. The zero-order valence-corrected chi connectivity index (χ0v) is 28.3. The summed E-state index contributed by atoms with van der Waals surface area (Å²) in [6, 6.07) is 5.51. The van der Waals surface area contributed by atoms with Gasteiger partial charge in [0.1, 0.15) is 24.6 Å². The minimum Gasteiger partial charge on any atom is -0.491 e. The van der Waals surface area contributed by atoms with E-state index < -0.39 is 75.1 Å². The minimum atomic E-state index is -5.07. The van der Waals surface area contributed by atoms with E-state index in [1.54, 1.807) is 20.8 Å². The zero-order chi connectivity index (χ0) is 36.5. The number of nitrogens with one attached hydrogen (secondary N) is 2. The third-order valence-corrected chi connectivity index (χ3v) is 6.65. The Bertz CT molecular complexity index is 1330. The van der Waals surface area contributed by atoms with Crippen molar-refractivity contribution in [1.82, 2.24) is 10.6 Å². The molecule has 0 fully saturated rings.